The zero-order valence-electron chi connectivity index (χ0n) is 24.2. The average Bonchev–Trinajstić information content (AvgIpc) is 3.01. The fourth-order valence-corrected chi connectivity index (χ4v) is 4.74. The first kappa shape index (κ1) is 30.9. The van der Waals surface area contributed by atoms with Gasteiger partial charge in [0.05, 0.1) is 26.4 Å². The van der Waals surface area contributed by atoms with Crippen molar-refractivity contribution in [1.82, 2.24) is 0 Å². The molecule has 0 saturated carbocycles. The second kappa shape index (κ2) is 16.4. The first-order chi connectivity index (χ1) is 20.1. The zero-order valence-corrected chi connectivity index (χ0v) is 24.2. The third-order valence-corrected chi connectivity index (χ3v) is 7.27. The lowest BCUT2D eigenvalue weighted by atomic mass is 9.97. The third-order valence-electron chi connectivity index (χ3n) is 7.27. The van der Waals surface area contributed by atoms with Crippen molar-refractivity contribution >= 4 is 5.97 Å². The van der Waals surface area contributed by atoms with Crippen LogP contribution in [-0.2, 0) is 53.0 Å². The maximum Gasteiger partial charge on any atom is 0.306 e. The Morgan fingerprint density at radius 2 is 1.27 bits per heavy atom. The number of hydrogen-bond donors (Lipinski definition) is 0. The topological polar surface area (TPSA) is 72.5 Å². The van der Waals surface area contributed by atoms with Gasteiger partial charge in [0, 0.05) is 13.5 Å². The summed E-state index contributed by atoms with van der Waals surface area (Å²) < 4.78 is 37.3. The van der Waals surface area contributed by atoms with Crippen molar-refractivity contribution in [3.05, 3.63) is 108 Å². The Labute approximate surface area is 243 Å². The second-order valence-corrected chi connectivity index (χ2v) is 10.5. The van der Waals surface area contributed by atoms with Crippen LogP contribution in [-0.4, -0.2) is 50.4 Å². The van der Waals surface area contributed by atoms with Crippen LogP contribution in [0.15, 0.2) is 91.0 Å². The summed E-state index contributed by atoms with van der Waals surface area (Å²) in [4.78, 5) is 13.2. The van der Waals surface area contributed by atoms with Gasteiger partial charge in [0.1, 0.15) is 18.3 Å². The van der Waals surface area contributed by atoms with E-state index >= 15 is 0 Å². The molecule has 0 radical (unpaired) electrons. The minimum Gasteiger partial charge on any atom is -0.456 e. The first-order valence-corrected chi connectivity index (χ1v) is 14.4. The van der Waals surface area contributed by atoms with Crippen LogP contribution >= 0.6 is 0 Å². The van der Waals surface area contributed by atoms with Crippen molar-refractivity contribution in [1.29, 1.82) is 0 Å². The molecule has 0 N–H and O–H groups in total. The monoisotopic (exact) mass is 562 g/mol. The molecule has 7 nitrogen and oxygen atoms in total. The molecular weight excluding hydrogens is 520 g/mol. The van der Waals surface area contributed by atoms with E-state index in [-0.39, 0.29) is 18.5 Å². The maximum atomic E-state index is 13.2. The highest BCUT2D eigenvalue weighted by Crippen LogP contribution is 2.31. The van der Waals surface area contributed by atoms with Gasteiger partial charge in [-0.25, -0.2) is 0 Å². The molecule has 4 rings (SSSR count). The standard InChI is InChI=1S/C34H42O7/c1-4-25(2)20-30(35)41-32-31(38-22-27-16-10-6-11-17-27)29(24-37-21-26-14-8-5-9-15-26)40-34(36-3)33(32)39-23-28-18-12-7-13-19-28/h5-19,25,29,31-34H,4,20-24H2,1-3H3/t25-,29+,31+,32-,33-,34-/m0/s1. The van der Waals surface area contributed by atoms with Crippen LogP contribution in [0, 0.1) is 5.92 Å². The molecule has 1 fully saturated rings. The molecule has 7 heteroatoms. The van der Waals surface area contributed by atoms with Gasteiger partial charge in [0.15, 0.2) is 12.4 Å². The van der Waals surface area contributed by atoms with E-state index < -0.39 is 30.7 Å². The molecule has 41 heavy (non-hydrogen) atoms. The number of carbonyl (C=O) groups excluding carboxylic acids is 1. The number of carbonyl (C=O) groups is 1. The van der Waals surface area contributed by atoms with Gasteiger partial charge >= 0.3 is 5.97 Å². The lowest BCUT2D eigenvalue weighted by Crippen LogP contribution is -2.62. The SMILES string of the molecule is CC[C@H](C)CC(=O)O[C@@H]1[C@H](OCc2ccccc2)[C@@H](OC)O[C@H](COCc2ccccc2)[C@H]1OCc1ccccc1. The van der Waals surface area contributed by atoms with Gasteiger partial charge in [-0.05, 0) is 22.6 Å². The van der Waals surface area contributed by atoms with Crippen molar-refractivity contribution in [3.8, 4) is 0 Å². The molecule has 3 aromatic carbocycles. The van der Waals surface area contributed by atoms with Crippen LogP contribution in [0.1, 0.15) is 43.4 Å². The first-order valence-electron chi connectivity index (χ1n) is 14.4. The third kappa shape index (κ3) is 9.48. The number of hydrogen-bond acceptors (Lipinski definition) is 7. The molecule has 0 aromatic heterocycles. The maximum absolute atomic E-state index is 13.2. The van der Waals surface area contributed by atoms with Gasteiger partial charge in [-0.3, -0.25) is 4.79 Å². The minimum absolute atomic E-state index is 0.193. The van der Waals surface area contributed by atoms with E-state index in [1.165, 1.54) is 0 Å². The normalized spacial score (nSPS) is 23.1. The molecule has 1 aliphatic heterocycles. The fraction of sp³-hybridized carbons (Fsp3) is 0.441. The van der Waals surface area contributed by atoms with Crippen LogP contribution in [0.4, 0.5) is 0 Å². The Kier molecular flexibility index (Phi) is 12.3. The summed E-state index contributed by atoms with van der Waals surface area (Å²) in [6.07, 6.45) is -2.32. The van der Waals surface area contributed by atoms with E-state index in [4.69, 9.17) is 28.4 Å². The minimum atomic E-state index is -0.790. The van der Waals surface area contributed by atoms with Gasteiger partial charge in [-0.15, -0.1) is 0 Å². The van der Waals surface area contributed by atoms with Crippen molar-refractivity contribution in [2.45, 2.75) is 77.2 Å². The molecule has 3 aromatic rings. The highest BCUT2D eigenvalue weighted by molar-refractivity contribution is 5.70. The Hall–Kier alpha value is -3.07. The number of esters is 1. The van der Waals surface area contributed by atoms with Crippen LogP contribution in [0.3, 0.4) is 0 Å². The van der Waals surface area contributed by atoms with Gasteiger partial charge in [0.25, 0.3) is 0 Å². The summed E-state index contributed by atoms with van der Waals surface area (Å²) in [7, 11) is 1.56. The Bertz CT molecular complexity index is 1140. The summed E-state index contributed by atoms with van der Waals surface area (Å²) in [5.74, 6) is -0.107. The number of benzene rings is 3. The predicted molar refractivity (Wildman–Crippen MR) is 156 cm³/mol. The van der Waals surface area contributed by atoms with Crippen molar-refractivity contribution in [2.24, 2.45) is 5.92 Å². The summed E-state index contributed by atoms with van der Waals surface area (Å²) in [5.41, 5.74) is 3.04. The van der Waals surface area contributed by atoms with Crippen LogP contribution < -0.4 is 0 Å². The highest BCUT2D eigenvalue weighted by atomic mass is 16.7. The number of rotatable bonds is 15. The van der Waals surface area contributed by atoms with E-state index in [0.717, 1.165) is 23.1 Å². The number of methoxy groups -OCH3 is 1. The van der Waals surface area contributed by atoms with E-state index in [9.17, 15) is 4.79 Å². The largest absolute Gasteiger partial charge is 0.456 e. The Morgan fingerprint density at radius 3 is 1.78 bits per heavy atom. The average molecular weight is 563 g/mol. The second-order valence-electron chi connectivity index (χ2n) is 10.5. The molecule has 1 aliphatic rings. The smallest absolute Gasteiger partial charge is 0.306 e. The lowest BCUT2D eigenvalue weighted by molar-refractivity contribution is -0.317. The van der Waals surface area contributed by atoms with Crippen LogP contribution in [0.5, 0.6) is 0 Å². The van der Waals surface area contributed by atoms with Gasteiger partial charge in [-0.2, -0.15) is 0 Å². The molecule has 1 saturated heterocycles. The molecule has 0 bridgehead atoms. The highest BCUT2D eigenvalue weighted by Gasteiger charge is 2.50. The summed E-state index contributed by atoms with van der Waals surface area (Å²) >= 11 is 0. The van der Waals surface area contributed by atoms with Crippen molar-refractivity contribution in [3.63, 3.8) is 0 Å². The Morgan fingerprint density at radius 1 is 0.756 bits per heavy atom. The molecule has 6 atom stereocenters. The number of ether oxygens (including phenoxy) is 6. The summed E-state index contributed by atoms with van der Waals surface area (Å²) in [6.45, 7) is 5.34. The molecule has 1 heterocycles. The van der Waals surface area contributed by atoms with E-state index in [1.807, 2.05) is 97.9 Å². The lowest BCUT2D eigenvalue weighted by Gasteiger charge is -2.45. The van der Waals surface area contributed by atoms with E-state index in [1.54, 1.807) is 7.11 Å². The molecule has 0 aliphatic carbocycles. The predicted octanol–water partition coefficient (Wildman–Crippen LogP) is 6.09. The molecule has 0 unspecified atom stereocenters. The Balaban J connectivity index is 1.58. The molecule has 0 spiro atoms. The summed E-state index contributed by atoms with van der Waals surface area (Å²) in [5, 5.41) is 0. The van der Waals surface area contributed by atoms with Crippen molar-refractivity contribution < 1.29 is 33.2 Å². The summed E-state index contributed by atoms with van der Waals surface area (Å²) in [6, 6.07) is 29.7. The molecule has 0 amide bonds. The fourth-order valence-electron chi connectivity index (χ4n) is 4.74. The molecule has 220 valence electrons. The van der Waals surface area contributed by atoms with Gasteiger partial charge in [-0.1, -0.05) is 111 Å². The quantitative estimate of drug-likeness (QED) is 0.208. The van der Waals surface area contributed by atoms with Gasteiger partial charge < -0.3 is 28.4 Å². The van der Waals surface area contributed by atoms with Crippen molar-refractivity contribution in [2.75, 3.05) is 13.7 Å². The zero-order chi connectivity index (χ0) is 28.9. The van der Waals surface area contributed by atoms with Gasteiger partial charge in [0.2, 0.25) is 0 Å². The van der Waals surface area contributed by atoms with Crippen LogP contribution in [0.25, 0.3) is 0 Å². The van der Waals surface area contributed by atoms with E-state index in [0.29, 0.717) is 26.2 Å². The van der Waals surface area contributed by atoms with Crippen LogP contribution in [0.2, 0.25) is 0 Å². The molecular formula is C34H42O7. The van der Waals surface area contributed by atoms with E-state index in [2.05, 4.69) is 6.92 Å².